The van der Waals surface area contributed by atoms with Crippen LogP contribution in [0.2, 0.25) is 0 Å². The standard InChI is InChI=1S/C60H36N4.C56H34N4/c1-2-16-39-34-42(29-28-37(39)14-1)58-59(62-51-24-11-10-23-50(51)61-58)47-32-33-53(45-21-8-7-20-44(45)47)63-54-26-13-27-55(57(54)49-35-40-17-3-4-18-41(40)36-56(49)63)64-52-25-12-9-22-46(52)48-31-30-38-15-5-6-19-43(38)60(48)64;1-2-16-36(17-3-1)54-55(58-47-25-12-11-24-46(47)57-54)43-31-32-49(41-22-9-8-21-40(41)43)59-50-27-14-28-51(53(50)45-33-37-18-4-5-19-38(37)34-52(45)59)60-48-26-13-10-23-42(48)44-30-29-35-15-6-7-20-39(35)56(44)60/h1-36H;1-34H. The number of aromatic nitrogens is 8. The molecule has 8 heteroatoms. The zero-order valence-corrected chi connectivity index (χ0v) is 67.0. The molecule has 27 aromatic rings. The summed E-state index contributed by atoms with van der Waals surface area (Å²) in [6.45, 7) is 0. The third kappa shape index (κ3) is 10.6. The van der Waals surface area contributed by atoms with E-state index >= 15 is 0 Å². The van der Waals surface area contributed by atoms with Crippen molar-refractivity contribution < 1.29 is 0 Å². The summed E-state index contributed by atoms with van der Waals surface area (Å²) < 4.78 is 10.0. The molecule has 0 fully saturated rings. The van der Waals surface area contributed by atoms with Crippen molar-refractivity contribution in [2.24, 2.45) is 0 Å². The maximum atomic E-state index is 5.42. The fourth-order valence-corrected chi connectivity index (χ4v) is 20.4. The number of hydrogen-bond acceptors (Lipinski definition) is 4. The van der Waals surface area contributed by atoms with Crippen LogP contribution >= 0.6 is 0 Å². The lowest BCUT2D eigenvalue weighted by atomic mass is 9.96. The van der Waals surface area contributed by atoms with Gasteiger partial charge in [-0.15, -0.1) is 0 Å². The number of benzene rings is 21. The summed E-state index contributed by atoms with van der Waals surface area (Å²) in [6, 6.07) is 154. The van der Waals surface area contributed by atoms with Crippen LogP contribution in [-0.2, 0) is 0 Å². The van der Waals surface area contributed by atoms with Crippen molar-refractivity contribution in [3.05, 3.63) is 425 Å². The van der Waals surface area contributed by atoms with E-state index in [4.69, 9.17) is 19.9 Å². The Kier molecular flexibility index (Phi) is 15.3. The molecule has 574 valence electrons. The Hall–Kier alpha value is -16.7. The van der Waals surface area contributed by atoms with Crippen molar-refractivity contribution in [2.45, 2.75) is 0 Å². The van der Waals surface area contributed by atoms with Gasteiger partial charge in [-0.1, -0.05) is 309 Å². The number of hydrogen-bond donors (Lipinski definition) is 0. The summed E-state index contributed by atoms with van der Waals surface area (Å²) in [7, 11) is 0. The lowest BCUT2D eigenvalue weighted by Crippen LogP contribution is -2.00. The fraction of sp³-hybridized carbons (Fsp3) is 0. The Bertz CT molecular complexity index is 9220. The molecule has 0 unspecified atom stereocenters. The van der Waals surface area contributed by atoms with E-state index in [0.29, 0.717) is 0 Å². The molecule has 0 spiro atoms. The maximum absolute atomic E-state index is 5.42. The van der Waals surface area contributed by atoms with Crippen LogP contribution in [0, 0.1) is 0 Å². The van der Waals surface area contributed by atoms with E-state index in [2.05, 4.69) is 407 Å². The quantitative estimate of drug-likeness (QED) is 0.152. The van der Waals surface area contributed by atoms with E-state index in [1.54, 1.807) is 0 Å². The molecule has 124 heavy (non-hydrogen) atoms. The smallest absolute Gasteiger partial charge is 0.0979 e. The predicted octanol–water partition coefficient (Wildman–Crippen LogP) is 30.4. The first-order valence-corrected chi connectivity index (χ1v) is 42.4. The second kappa shape index (κ2) is 27.4. The highest BCUT2D eigenvalue weighted by Gasteiger charge is 2.28. The first kappa shape index (κ1) is 69.3. The van der Waals surface area contributed by atoms with E-state index < -0.39 is 0 Å². The van der Waals surface area contributed by atoms with Crippen LogP contribution in [0.1, 0.15) is 0 Å². The third-order valence-electron chi connectivity index (χ3n) is 25.9. The highest BCUT2D eigenvalue weighted by Crippen LogP contribution is 2.49. The SMILES string of the molecule is c1ccc(-c2nc3ccccc3nc2-c2ccc(-n3c4cc5ccccc5cc4c4c(-n5c6ccccc6c6ccc7ccccc7c65)cccc43)c3ccccc23)cc1.c1ccc2cc(-c3nc4ccccc4nc3-c3ccc(-n4c5cc6ccccc6cc5c5c(-n6c7ccccc7c7ccc8ccccc8c76)cccc54)c4ccccc34)ccc2c1. The molecule has 0 aliphatic heterocycles. The van der Waals surface area contributed by atoms with E-state index in [9.17, 15) is 0 Å². The van der Waals surface area contributed by atoms with Gasteiger partial charge in [0.15, 0.2) is 0 Å². The Morgan fingerprint density at radius 2 is 0.492 bits per heavy atom. The van der Waals surface area contributed by atoms with E-state index in [1.807, 2.05) is 36.4 Å². The second-order valence-electron chi connectivity index (χ2n) is 32.6. The van der Waals surface area contributed by atoms with Crippen molar-refractivity contribution in [3.63, 3.8) is 0 Å². The van der Waals surface area contributed by atoms with Gasteiger partial charge >= 0.3 is 0 Å². The first-order chi connectivity index (χ1) is 61.5. The number of para-hydroxylation sites is 6. The Labute approximate surface area is 710 Å². The highest BCUT2D eigenvalue weighted by atomic mass is 15.0. The zero-order chi connectivity index (χ0) is 81.2. The molecule has 0 N–H and O–H groups in total. The Morgan fingerprint density at radius 1 is 0.153 bits per heavy atom. The highest BCUT2D eigenvalue weighted by molar-refractivity contribution is 6.26. The van der Waals surface area contributed by atoms with Gasteiger partial charge < -0.3 is 18.3 Å². The number of nitrogens with zero attached hydrogens (tertiary/aromatic N) is 8. The molecular weight excluding hydrogens is 1510 g/mol. The van der Waals surface area contributed by atoms with Gasteiger partial charge in [0.2, 0.25) is 0 Å². The number of fused-ring (bicyclic) bond motifs is 23. The van der Waals surface area contributed by atoms with Crippen LogP contribution in [-0.4, -0.2) is 38.2 Å². The lowest BCUT2D eigenvalue weighted by molar-refractivity contribution is 1.18. The van der Waals surface area contributed by atoms with Gasteiger partial charge in [-0.05, 0) is 169 Å². The van der Waals surface area contributed by atoms with E-state index in [-0.39, 0.29) is 0 Å². The molecule has 0 bridgehead atoms. The molecule has 0 atom stereocenters. The minimum atomic E-state index is 0.867. The molecule has 6 heterocycles. The minimum Gasteiger partial charge on any atom is -0.309 e. The van der Waals surface area contributed by atoms with Crippen molar-refractivity contribution in [3.8, 4) is 67.8 Å². The summed E-state index contributed by atoms with van der Waals surface area (Å²) in [4.78, 5) is 21.3. The molecule has 8 nitrogen and oxygen atoms in total. The van der Waals surface area contributed by atoms with Crippen LogP contribution < -0.4 is 0 Å². The van der Waals surface area contributed by atoms with Crippen LogP contribution in [0.5, 0.6) is 0 Å². The van der Waals surface area contributed by atoms with Gasteiger partial charge in [0.1, 0.15) is 0 Å². The van der Waals surface area contributed by atoms with Gasteiger partial charge in [-0.2, -0.15) is 0 Å². The summed E-state index contributed by atoms with van der Waals surface area (Å²) in [6.07, 6.45) is 0. The van der Waals surface area contributed by atoms with Gasteiger partial charge in [0.05, 0.1) is 112 Å². The van der Waals surface area contributed by atoms with Crippen molar-refractivity contribution in [1.29, 1.82) is 0 Å². The van der Waals surface area contributed by atoms with E-state index in [0.717, 1.165) is 133 Å². The van der Waals surface area contributed by atoms with Crippen molar-refractivity contribution >= 4 is 185 Å². The molecule has 21 aromatic carbocycles. The van der Waals surface area contributed by atoms with Crippen molar-refractivity contribution in [2.75, 3.05) is 0 Å². The average molecular weight is 1580 g/mol. The van der Waals surface area contributed by atoms with Crippen LogP contribution in [0.4, 0.5) is 0 Å². The van der Waals surface area contributed by atoms with E-state index in [1.165, 1.54) is 119 Å². The summed E-state index contributed by atoms with van der Waals surface area (Å²) in [5.74, 6) is 0. The largest absolute Gasteiger partial charge is 0.309 e. The predicted molar refractivity (Wildman–Crippen MR) is 521 cm³/mol. The lowest BCUT2D eigenvalue weighted by Gasteiger charge is -2.17. The van der Waals surface area contributed by atoms with Crippen LogP contribution in [0.3, 0.4) is 0 Å². The van der Waals surface area contributed by atoms with Crippen LogP contribution in [0.15, 0.2) is 425 Å². The Balaban J connectivity index is 0.000000133. The summed E-state index contributed by atoms with van der Waals surface area (Å²) in [5, 5.41) is 26.5. The Morgan fingerprint density at radius 3 is 0.952 bits per heavy atom. The van der Waals surface area contributed by atoms with Gasteiger partial charge in [0, 0.05) is 86.9 Å². The first-order valence-electron chi connectivity index (χ1n) is 42.4. The van der Waals surface area contributed by atoms with Crippen molar-refractivity contribution in [1.82, 2.24) is 38.2 Å². The zero-order valence-electron chi connectivity index (χ0n) is 67.0. The second-order valence-corrected chi connectivity index (χ2v) is 32.6. The molecule has 0 aliphatic rings. The maximum Gasteiger partial charge on any atom is 0.0979 e. The monoisotopic (exact) mass is 1570 g/mol. The fourth-order valence-electron chi connectivity index (χ4n) is 20.4. The topological polar surface area (TPSA) is 71.3 Å². The normalized spacial score (nSPS) is 12.0. The average Bonchev–Trinajstić information content (AvgIpc) is 1.54. The summed E-state index contributed by atoms with van der Waals surface area (Å²) in [5.41, 5.74) is 25.2. The summed E-state index contributed by atoms with van der Waals surface area (Å²) >= 11 is 0. The molecule has 0 saturated heterocycles. The number of rotatable bonds is 8. The molecule has 0 saturated carbocycles. The molecular formula is C116H70N8. The molecule has 0 amide bonds. The third-order valence-corrected chi connectivity index (χ3v) is 25.9. The van der Waals surface area contributed by atoms with Gasteiger partial charge in [0.25, 0.3) is 0 Å². The molecule has 0 aliphatic carbocycles. The van der Waals surface area contributed by atoms with Gasteiger partial charge in [-0.3, -0.25) is 0 Å². The van der Waals surface area contributed by atoms with Gasteiger partial charge in [-0.25, -0.2) is 19.9 Å². The molecule has 0 radical (unpaired) electrons. The minimum absolute atomic E-state index is 0.867. The molecule has 6 aromatic heterocycles. The molecule has 27 rings (SSSR count). The van der Waals surface area contributed by atoms with Crippen LogP contribution in [0.25, 0.3) is 252 Å².